The average molecular weight is 210 g/mol. The Balaban J connectivity index is 2.06. The van der Waals surface area contributed by atoms with Gasteiger partial charge in [0, 0.05) is 6.54 Å². The minimum atomic E-state index is -0.0837. The number of furan rings is 1. The molecule has 1 aromatic rings. The van der Waals surface area contributed by atoms with Crippen molar-refractivity contribution in [1.29, 1.82) is 0 Å². The van der Waals surface area contributed by atoms with Crippen LogP contribution < -0.4 is 5.90 Å². The summed E-state index contributed by atoms with van der Waals surface area (Å²) in [7, 11) is 0. The molecular formula is C10H14N2O3. The molecule has 2 N–H and O–H groups in total. The van der Waals surface area contributed by atoms with E-state index in [0.717, 1.165) is 19.4 Å². The maximum Gasteiger partial charge on any atom is 0.289 e. The summed E-state index contributed by atoms with van der Waals surface area (Å²) in [6.07, 6.45) is 3.42. The summed E-state index contributed by atoms with van der Waals surface area (Å²) in [4.78, 5) is 18.3. The largest absolute Gasteiger partial charge is 0.459 e. The number of carbonyl (C=O) groups is 1. The second-order valence-corrected chi connectivity index (χ2v) is 3.61. The summed E-state index contributed by atoms with van der Waals surface area (Å²) in [5.41, 5.74) is 0. The van der Waals surface area contributed by atoms with Crippen molar-refractivity contribution in [3.8, 4) is 0 Å². The quantitative estimate of drug-likeness (QED) is 0.748. The minimum absolute atomic E-state index is 0.0765. The van der Waals surface area contributed by atoms with E-state index in [4.69, 9.17) is 10.3 Å². The summed E-state index contributed by atoms with van der Waals surface area (Å²) < 4.78 is 5.07. The Morgan fingerprint density at radius 2 is 2.60 bits per heavy atom. The van der Waals surface area contributed by atoms with E-state index in [-0.39, 0.29) is 11.9 Å². The highest BCUT2D eigenvalue weighted by Crippen LogP contribution is 2.20. The molecule has 1 aliphatic heterocycles. The van der Waals surface area contributed by atoms with Crippen LogP contribution in [0.5, 0.6) is 0 Å². The van der Waals surface area contributed by atoms with Crippen molar-refractivity contribution < 1.29 is 14.0 Å². The third-order valence-electron chi connectivity index (χ3n) is 2.66. The van der Waals surface area contributed by atoms with Crippen LogP contribution in [0.1, 0.15) is 23.4 Å². The molecule has 1 atom stereocenters. The highest BCUT2D eigenvalue weighted by atomic mass is 16.6. The fraction of sp³-hybridized carbons (Fsp3) is 0.500. The van der Waals surface area contributed by atoms with Gasteiger partial charge < -0.3 is 14.2 Å². The molecule has 0 bridgehead atoms. The van der Waals surface area contributed by atoms with E-state index >= 15 is 0 Å². The molecule has 0 aromatic carbocycles. The summed E-state index contributed by atoms with van der Waals surface area (Å²) in [5.74, 6) is 5.32. The SMILES string of the molecule is NOCC1CCCN1C(=O)c1ccco1. The molecule has 0 spiro atoms. The number of hydrogen-bond acceptors (Lipinski definition) is 4. The highest BCUT2D eigenvalue weighted by molar-refractivity contribution is 5.91. The van der Waals surface area contributed by atoms with Gasteiger partial charge in [0.25, 0.3) is 5.91 Å². The molecule has 0 radical (unpaired) electrons. The predicted molar refractivity (Wildman–Crippen MR) is 52.9 cm³/mol. The maximum absolute atomic E-state index is 11.9. The van der Waals surface area contributed by atoms with Crippen molar-refractivity contribution in [3.63, 3.8) is 0 Å². The molecule has 1 fully saturated rings. The van der Waals surface area contributed by atoms with Gasteiger partial charge in [0.2, 0.25) is 0 Å². The molecule has 15 heavy (non-hydrogen) atoms. The first-order valence-corrected chi connectivity index (χ1v) is 4.99. The molecule has 82 valence electrons. The fourth-order valence-corrected chi connectivity index (χ4v) is 1.93. The molecule has 5 nitrogen and oxygen atoms in total. The van der Waals surface area contributed by atoms with Gasteiger partial charge in [-0.3, -0.25) is 4.79 Å². The van der Waals surface area contributed by atoms with Gasteiger partial charge in [0.1, 0.15) is 0 Å². The number of amides is 1. The van der Waals surface area contributed by atoms with Crippen molar-refractivity contribution in [3.05, 3.63) is 24.2 Å². The van der Waals surface area contributed by atoms with Crippen LogP contribution in [-0.2, 0) is 4.84 Å². The van der Waals surface area contributed by atoms with E-state index in [0.29, 0.717) is 12.4 Å². The lowest BCUT2D eigenvalue weighted by Crippen LogP contribution is -2.38. The molecule has 1 unspecified atom stereocenters. The molecule has 0 saturated carbocycles. The predicted octanol–water partition coefficient (Wildman–Crippen LogP) is 0.774. The van der Waals surface area contributed by atoms with Crippen LogP contribution in [0, 0.1) is 0 Å². The van der Waals surface area contributed by atoms with Gasteiger partial charge in [-0.2, -0.15) is 0 Å². The number of nitrogens with zero attached hydrogens (tertiary/aromatic N) is 1. The van der Waals surface area contributed by atoms with Gasteiger partial charge in [-0.25, -0.2) is 5.90 Å². The lowest BCUT2D eigenvalue weighted by atomic mass is 10.2. The zero-order valence-corrected chi connectivity index (χ0v) is 8.39. The molecule has 1 aromatic heterocycles. The van der Waals surface area contributed by atoms with Crippen molar-refractivity contribution in [2.75, 3.05) is 13.2 Å². The zero-order chi connectivity index (χ0) is 10.7. The summed E-state index contributed by atoms with van der Waals surface area (Å²) in [6, 6.07) is 3.45. The molecule has 1 aliphatic rings. The first-order chi connectivity index (χ1) is 7.33. The van der Waals surface area contributed by atoms with Crippen molar-refractivity contribution in [1.82, 2.24) is 4.90 Å². The van der Waals surface area contributed by atoms with Crippen LogP contribution in [0.15, 0.2) is 22.8 Å². The van der Waals surface area contributed by atoms with E-state index in [2.05, 4.69) is 4.84 Å². The lowest BCUT2D eigenvalue weighted by molar-refractivity contribution is 0.0515. The van der Waals surface area contributed by atoms with Crippen LogP contribution >= 0.6 is 0 Å². The Bertz CT molecular complexity index is 323. The smallest absolute Gasteiger partial charge is 0.289 e. The molecule has 2 rings (SSSR count). The molecule has 0 aliphatic carbocycles. The van der Waals surface area contributed by atoms with Gasteiger partial charge in [-0.05, 0) is 25.0 Å². The molecule has 1 saturated heterocycles. The van der Waals surface area contributed by atoms with Gasteiger partial charge in [-0.15, -0.1) is 0 Å². The van der Waals surface area contributed by atoms with Crippen molar-refractivity contribution >= 4 is 5.91 Å². The summed E-state index contributed by atoms with van der Waals surface area (Å²) in [5, 5.41) is 0. The Morgan fingerprint density at radius 3 is 3.27 bits per heavy atom. The number of carbonyl (C=O) groups excluding carboxylic acids is 1. The van der Waals surface area contributed by atoms with E-state index in [1.165, 1.54) is 6.26 Å². The molecule has 2 heterocycles. The van der Waals surface area contributed by atoms with Crippen molar-refractivity contribution in [2.45, 2.75) is 18.9 Å². The van der Waals surface area contributed by atoms with E-state index < -0.39 is 0 Å². The van der Waals surface area contributed by atoms with Crippen LogP contribution in [0.3, 0.4) is 0 Å². The Labute approximate surface area is 87.7 Å². The third-order valence-corrected chi connectivity index (χ3v) is 2.66. The second-order valence-electron chi connectivity index (χ2n) is 3.61. The van der Waals surface area contributed by atoms with E-state index in [1.54, 1.807) is 17.0 Å². The minimum Gasteiger partial charge on any atom is -0.459 e. The normalized spacial score (nSPS) is 20.9. The first kappa shape index (κ1) is 10.2. The molecular weight excluding hydrogens is 196 g/mol. The Morgan fingerprint density at radius 1 is 1.73 bits per heavy atom. The number of nitrogens with two attached hydrogens (primary N) is 1. The van der Waals surface area contributed by atoms with Crippen LogP contribution in [0.2, 0.25) is 0 Å². The van der Waals surface area contributed by atoms with Gasteiger partial charge in [-0.1, -0.05) is 0 Å². The Hall–Kier alpha value is -1.33. The zero-order valence-electron chi connectivity index (χ0n) is 8.39. The average Bonchev–Trinajstić information content (AvgIpc) is 2.87. The molecule has 5 heteroatoms. The summed E-state index contributed by atoms with van der Waals surface area (Å²) >= 11 is 0. The van der Waals surface area contributed by atoms with Crippen LogP contribution in [-0.4, -0.2) is 30.0 Å². The standard InChI is InChI=1S/C10H14N2O3/c11-15-7-8-3-1-5-12(8)10(13)9-4-2-6-14-9/h2,4,6,8H,1,3,5,7,11H2. The monoisotopic (exact) mass is 210 g/mol. The molecule has 1 amide bonds. The van der Waals surface area contributed by atoms with Gasteiger partial charge in [0.15, 0.2) is 5.76 Å². The number of likely N-dealkylation sites (tertiary alicyclic amines) is 1. The van der Waals surface area contributed by atoms with E-state index in [1.807, 2.05) is 0 Å². The number of rotatable bonds is 3. The highest BCUT2D eigenvalue weighted by Gasteiger charge is 2.30. The first-order valence-electron chi connectivity index (χ1n) is 4.99. The van der Waals surface area contributed by atoms with E-state index in [9.17, 15) is 4.79 Å². The number of hydrogen-bond donors (Lipinski definition) is 1. The van der Waals surface area contributed by atoms with Gasteiger partial charge in [0.05, 0.1) is 18.9 Å². The third kappa shape index (κ3) is 2.03. The van der Waals surface area contributed by atoms with Gasteiger partial charge >= 0.3 is 0 Å². The van der Waals surface area contributed by atoms with Crippen LogP contribution in [0.4, 0.5) is 0 Å². The van der Waals surface area contributed by atoms with Crippen molar-refractivity contribution in [2.24, 2.45) is 5.90 Å². The lowest BCUT2D eigenvalue weighted by Gasteiger charge is -2.22. The summed E-state index contributed by atoms with van der Waals surface area (Å²) in [6.45, 7) is 1.13. The van der Waals surface area contributed by atoms with Crippen LogP contribution in [0.25, 0.3) is 0 Å². The second kappa shape index (κ2) is 4.46. The topological polar surface area (TPSA) is 68.7 Å². The maximum atomic E-state index is 11.9. The Kier molecular flexibility index (Phi) is 3.03. The fourth-order valence-electron chi connectivity index (χ4n) is 1.93.